The zero-order chi connectivity index (χ0) is 11.1. The summed E-state index contributed by atoms with van der Waals surface area (Å²) in [6.45, 7) is 3.67. The monoisotopic (exact) mass is 193 g/mol. The molecule has 6 nitrogen and oxygen atoms in total. The Bertz CT molecular complexity index is 160. The van der Waals surface area contributed by atoms with Crippen LogP contribution >= 0.6 is 0 Å². The first-order valence-corrected chi connectivity index (χ1v) is 3.55. The van der Waals surface area contributed by atoms with E-state index in [1.807, 2.05) is 0 Å². The van der Waals surface area contributed by atoms with Crippen LogP contribution in [0.2, 0.25) is 0 Å². The van der Waals surface area contributed by atoms with Crippen LogP contribution in [0.1, 0.15) is 20.3 Å². The summed E-state index contributed by atoms with van der Waals surface area (Å²) >= 11 is 0. The van der Waals surface area contributed by atoms with Crippen LogP contribution in [0, 0.1) is 0 Å². The Morgan fingerprint density at radius 2 is 1.46 bits per heavy atom. The SMILES string of the molecule is CC(C)(O)CN.O=C(O)CC(=O)O. The fraction of sp³-hybridized carbons (Fsp3) is 0.714. The van der Waals surface area contributed by atoms with E-state index in [2.05, 4.69) is 0 Å². The molecule has 0 saturated heterocycles. The summed E-state index contributed by atoms with van der Waals surface area (Å²) in [6, 6.07) is 0. The molecule has 0 atom stereocenters. The number of aliphatic carboxylic acids is 2. The van der Waals surface area contributed by atoms with Crippen molar-refractivity contribution in [2.75, 3.05) is 6.54 Å². The van der Waals surface area contributed by atoms with E-state index in [1.54, 1.807) is 13.8 Å². The lowest BCUT2D eigenvalue weighted by molar-refractivity contribution is -0.147. The second-order valence-corrected chi connectivity index (χ2v) is 2.98. The molecule has 5 N–H and O–H groups in total. The van der Waals surface area contributed by atoms with Gasteiger partial charge in [0.15, 0.2) is 0 Å². The van der Waals surface area contributed by atoms with Crippen LogP contribution in [0.5, 0.6) is 0 Å². The van der Waals surface area contributed by atoms with Crippen LogP contribution in [0.25, 0.3) is 0 Å². The highest BCUT2D eigenvalue weighted by Crippen LogP contribution is 1.93. The molecule has 0 aromatic heterocycles. The number of aliphatic hydroxyl groups is 1. The molecule has 0 unspecified atom stereocenters. The number of rotatable bonds is 3. The molecule has 0 bridgehead atoms. The Morgan fingerprint density at radius 3 is 1.46 bits per heavy atom. The molecule has 0 rings (SSSR count). The summed E-state index contributed by atoms with van der Waals surface area (Å²) in [5.74, 6) is -2.62. The fourth-order valence-corrected chi connectivity index (χ4v) is 0.129. The molecule has 0 spiro atoms. The molecule has 0 aliphatic carbocycles. The molecule has 0 aromatic carbocycles. The highest BCUT2D eigenvalue weighted by molar-refractivity contribution is 5.88. The van der Waals surface area contributed by atoms with E-state index >= 15 is 0 Å². The van der Waals surface area contributed by atoms with Gasteiger partial charge in [-0.1, -0.05) is 0 Å². The predicted molar refractivity (Wildman–Crippen MR) is 45.2 cm³/mol. The molecular formula is C7H15NO5. The number of carboxylic acids is 2. The first-order chi connectivity index (χ1) is 5.69. The van der Waals surface area contributed by atoms with Gasteiger partial charge in [0.2, 0.25) is 0 Å². The van der Waals surface area contributed by atoms with Gasteiger partial charge in [-0.25, -0.2) is 0 Å². The van der Waals surface area contributed by atoms with Crippen LogP contribution in [0.15, 0.2) is 0 Å². The zero-order valence-corrected chi connectivity index (χ0v) is 7.65. The van der Waals surface area contributed by atoms with Crippen molar-refractivity contribution in [2.45, 2.75) is 25.9 Å². The summed E-state index contributed by atoms with van der Waals surface area (Å²) in [4.78, 5) is 18.9. The molecule has 0 heterocycles. The highest BCUT2D eigenvalue weighted by atomic mass is 16.4. The first kappa shape index (κ1) is 14.4. The van der Waals surface area contributed by atoms with Gasteiger partial charge in [0, 0.05) is 6.54 Å². The molecule has 0 aliphatic heterocycles. The van der Waals surface area contributed by atoms with Crippen molar-refractivity contribution in [1.82, 2.24) is 0 Å². The van der Waals surface area contributed by atoms with Gasteiger partial charge in [0.1, 0.15) is 6.42 Å². The van der Waals surface area contributed by atoms with E-state index in [4.69, 9.17) is 21.1 Å². The summed E-state index contributed by atoms with van der Waals surface area (Å²) < 4.78 is 0. The van der Waals surface area contributed by atoms with Gasteiger partial charge < -0.3 is 21.1 Å². The quantitative estimate of drug-likeness (QED) is 0.438. The Hall–Kier alpha value is -1.14. The van der Waals surface area contributed by atoms with Crippen molar-refractivity contribution in [1.29, 1.82) is 0 Å². The van der Waals surface area contributed by atoms with Crippen molar-refractivity contribution in [3.8, 4) is 0 Å². The number of hydrogen-bond acceptors (Lipinski definition) is 4. The molecular weight excluding hydrogens is 178 g/mol. The second-order valence-electron chi connectivity index (χ2n) is 2.98. The Labute approximate surface area is 76.0 Å². The van der Waals surface area contributed by atoms with Crippen molar-refractivity contribution in [2.24, 2.45) is 5.73 Å². The summed E-state index contributed by atoms with van der Waals surface area (Å²) in [5.41, 5.74) is 4.38. The topological polar surface area (TPSA) is 121 Å². The van der Waals surface area contributed by atoms with E-state index < -0.39 is 24.0 Å². The predicted octanol–water partition coefficient (Wildman–Crippen LogP) is -0.738. The zero-order valence-electron chi connectivity index (χ0n) is 7.65. The van der Waals surface area contributed by atoms with Gasteiger partial charge in [-0.05, 0) is 13.8 Å². The third kappa shape index (κ3) is 24.8. The fourth-order valence-electron chi connectivity index (χ4n) is 0.129. The number of nitrogens with two attached hydrogens (primary N) is 1. The van der Waals surface area contributed by atoms with Gasteiger partial charge in [-0.3, -0.25) is 9.59 Å². The lowest BCUT2D eigenvalue weighted by atomic mass is 10.1. The highest BCUT2D eigenvalue weighted by Gasteiger charge is 2.06. The molecule has 0 amide bonds. The minimum Gasteiger partial charge on any atom is -0.481 e. The number of carbonyl (C=O) groups is 2. The van der Waals surface area contributed by atoms with Gasteiger partial charge in [0.25, 0.3) is 0 Å². The van der Waals surface area contributed by atoms with Crippen LogP contribution in [0.3, 0.4) is 0 Å². The van der Waals surface area contributed by atoms with E-state index in [0.717, 1.165) is 0 Å². The molecule has 0 fully saturated rings. The van der Waals surface area contributed by atoms with E-state index in [1.165, 1.54) is 0 Å². The Balaban J connectivity index is 0. The lowest BCUT2D eigenvalue weighted by Gasteiger charge is -2.11. The average Bonchev–Trinajstić information content (AvgIpc) is 1.84. The van der Waals surface area contributed by atoms with Crippen molar-refractivity contribution in [3.05, 3.63) is 0 Å². The van der Waals surface area contributed by atoms with E-state index in [-0.39, 0.29) is 0 Å². The molecule has 0 radical (unpaired) electrons. The number of carboxylic acid groups (broad SMARTS) is 2. The molecule has 0 saturated carbocycles. The third-order valence-electron chi connectivity index (χ3n) is 0.802. The smallest absolute Gasteiger partial charge is 0.314 e. The Kier molecular flexibility index (Phi) is 7.07. The van der Waals surface area contributed by atoms with Crippen LogP contribution in [-0.2, 0) is 9.59 Å². The largest absolute Gasteiger partial charge is 0.481 e. The van der Waals surface area contributed by atoms with Crippen LogP contribution in [-0.4, -0.2) is 39.4 Å². The summed E-state index contributed by atoms with van der Waals surface area (Å²) in [5, 5.41) is 24.1. The lowest BCUT2D eigenvalue weighted by Crippen LogP contribution is -2.29. The van der Waals surface area contributed by atoms with Crippen LogP contribution < -0.4 is 5.73 Å². The molecule has 0 aromatic rings. The minimum atomic E-state index is -1.31. The standard InChI is InChI=1S/C4H11NO.C3H4O4/c1-4(2,6)3-5;4-2(5)1-3(6)7/h6H,3,5H2,1-2H3;1H2,(H,4,5)(H,6,7). The number of hydrogen-bond donors (Lipinski definition) is 4. The normalized spacial score (nSPS) is 9.85. The van der Waals surface area contributed by atoms with Crippen molar-refractivity contribution < 1.29 is 24.9 Å². The maximum atomic E-state index is 9.43. The third-order valence-corrected chi connectivity index (χ3v) is 0.802. The molecule has 6 heteroatoms. The summed E-state index contributed by atoms with van der Waals surface area (Å²) in [6.07, 6.45) is -0.806. The maximum Gasteiger partial charge on any atom is 0.314 e. The van der Waals surface area contributed by atoms with Gasteiger partial charge in [-0.15, -0.1) is 0 Å². The van der Waals surface area contributed by atoms with Gasteiger partial charge in [0.05, 0.1) is 5.60 Å². The molecule has 0 aliphatic rings. The molecule has 78 valence electrons. The minimum absolute atomic E-state index is 0.326. The van der Waals surface area contributed by atoms with Crippen molar-refractivity contribution in [3.63, 3.8) is 0 Å². The van der Waals surface area contributed by atoms with Crippen LogP contribution in [0.4, 0.5) is 0 Å². The average molecular weight is 193 g/mol. The van der Waals surface area contributed by atoms with Gasteiger partial charge in [-0.2, -0.15) is 0 Å². The van der Waals surface area contributed by atoms with Gasteiger partial charge >= 0.3 is 11.9 Å². The Morgan fingerprint density at radius 1 is 1.23 bits per heavy atom. The molecule has 13 heavy (non-hydrogen) atoms. The second kappa shape index (κ2) is 6.38. The first-order valence-electron chi connectivity index (χ1n) is 3.55. The van der Waals surface area contributed by atoms with E-state index in [9.17, 15) is 9.59 Å². The van der Waals surface area contributed by atoms with E-state index in [0.29, 0.717) is 6.54 Å². The summed E-state index contributed by atoms with van der Waals surface area (Å²) in [7, 11) is 0. The van der Waals surface area contributed by atoms with Crippen molar-refractivity contribution >= 4 is 11.9 Å². The maximum absolute atomic E-state index is 9.43.